The molecule has 0 atom stereocenters. The first-order valence-corrected chi connectivity index (χ1v) is 9.09. The van der Waals surface area contributed by atoms with E-state index in [0.29, 0.717) is 23.6 Å². The minimum Gasteiger partial charge on any atom is -0.487 e. The standard InChI is InChI=1S/C23H18N4O2/c28-23(19-9-5-13-24-14-19)27-25-15-20-12-11-18-8-4-10-21(22(18)26-20)29-16-17-6-2-1-3-7-17/h1-15H,16H2,(H,27,28)/b25-15+. The molecule has 0 spiro atoms. The second-order valence-corrected chi connectivity index (χ2v) is 6.28. The molecule has 0 aliphatic carbocycles. The van der Waals surface area contributed by atoms with Gasteiger partial charge in [0.2, 0.25) is 0 Å². The van der Waals surface area contributed by atoms with Gasteiger partial charge in [0.05, 0.1) is 17.5 Å². The molecule has 4 rings (SSSR count). The molecular weight excluding hydrogens is 364 g/mol. The summed E-state index contributed by atoms with van der Waals surface area (Å²) in [6, 6.07) is 22.9. The number of nitrogens with one attached hydrogen (secondary N) is 1. The Kier molecular flexibility index (Phi) is 5.53. The van der Waals surface area contributed by atoms with Crippen molar-refractivity contribution >= 4 is 23.0 Å². The summed E-state index contributed by atoms with van der Waals surface area (Å²) < 4.78 is 5.98. The molecule has 6 nitrogen and oxygen atoms in total. The molecule has 4 aromatic rings. The van der Waals surface area contributed by atoms with Crippen LogP contribution >= 0.6 is 0 Å². The normalized spacial score (nSPS) is 10.9. The van der Waals surface area contributed by atoms with Crippen LogP contribution in [0.1, 0.15) is 21.6 Å². The molecule has 1 amide bonds. The Morgan fingerprint density at radius 1 is 1.00 bits per heavy atom. The predicted octanol–water partition coefficient (Wildman–Crippen LogP) is 3.97. The third-order valence-electron chi connectivity index (χ3n) is 4.23. The number of nitrogens with zero attached hydrogens (tertiary/aromatic N) is 3. The summed E-state index contributed by atoms with van der Waals surface area (Å²) in [5, 5.41) is 4.96. The van der Waals surface area contributed by atoms with E-state index in [9.17, 15) is 4.79 Å². The second kappa shape index (κ2) is 8.75. The zero-order valence-corrected chi connectivity index (χ0v) is 15.5. The number of ether oxygens (including phenoxy) is 1. The molecule has 2 aromatic heterocycles. The zero-order chi connectivity index (χ0) is 19.9. The fourth-order valence-electron chi connectivity index (χ4n) is 2.78. The molecule has 0 aliphatic rings. The SMILES string of the molecule is O=C(N/N=C/c1ccc2cccc(OCc3ccccc3)c2n1)c1cccnc1. The van der Waals surface area contributed by atoms with Gasteiger partial charge in [-0.2, -0.15) is 5.10 Å². The lowest BCUT2D eigenvalue weighted by atomic mass is 10.2. The van der Waals surface area contributed by atoms with Gasteiger partial charge < -0.3 is 4.74 Å². The van der Waals surface area contributed by atoms with E-state index < -0.39 is 0 Å². The molecule has 0 aliphatic heterocycles. The van der Waals surface area contributed by atoms with Crippen LogP contribution in [0.2, 0.25) is 0 Å². The third-order valence-corrected chi connectivity index (χ3v) is 4.23. The second-order valence-electron chi connectivity index (χ2n) is 6.28. The molecule has 1 N–H and O–H groups in total. The number of hydrazone groups is 1. The van der Waals surface area contributed by atoms with Gasteiger partial charge in [-0.1, -0.05) is 48.5 Å². The predicted molar refractivity (Wildman–Crippen MR) is 112 cm³/mol. The largest absolute Gasteiger partial charge is 0.487 e. The van der Waals surface area contributed by atoms with Gasteiger partial charge in [0.15, 0.2) is 0 Å². The monoisotopic (exact) mass is 382 g/mol. The quantitative estimate of drug-likeness (QED) is 0.404. The van der Waals surface area contributed by atoms with Gasteiger partial charge in [-0.25, -0.2) is 10.4 Å². The topological polar surface area (TPSA) is 76.5 Å². The van der Waals surface area contributed by atoms with Crippen molar-refractivity contribution in [3.05, 3.63) is 102 Å². The summed E-state index contributed by atoms with van der Waals surface area (Å²) >= 11 is 0. The van der Waals surface area contributed by atoms with Crippen LogP contribution in [0.15, 0.2) is 90.3 Å². The lowest BCUT2D eigenvalue weighted by Crippen LogP contribution is -2.17. The smallest absolute Gasteiger partial charge is 0.272 e. The number of fused-ring (bicyclic) bond motifs is 1. The summed E-state index contributed by atoms with van der Waals surface area (Å²) in [4.78, 5) is 20.6. The van der Waals surface area contributed by atoms with Crippen molar-refractivity contribution in [2.24, 2.45) is 5.10 Å². The highest BCUT2D eigenvalue weighted by atomic mass is 16.5. The van der Waals surface area contributed by atoms with Crippen LogP contribution in [-0.2, 0) is 6.61 Å². The number of para-hydroxylation sites is 1. The van der Waals surface area contributed by atoms with Gasteiger partial charge >= 0.3 is 0 Å². The minimum atomic E-state index is -0.331. The van der Waals surface area contributed by atoms with Gasteiger partial charge in [0.25, 0.3) is 5.91 Å². The molecule has 142 valence electrons. The Bertz CT molecular complexity index is 1150. The number of rotatable bonds is 6. The van der Waals surface area contributed by atoms with Crippen molar-refractivity contribution in [3.8, 4) is 5.75 Å². The van der Waals surface area contributed by atoms with E-state index in [1.54, 1.807) is 18.3 Å². The van der Waals surface area contributed by atoms with Gasteiger partial charge in [-0.3, -0.25) is 9.78 Å². The highest BCUT2D eigenvalue weighted by Crippen LogP contribution is 2.24. The minimum absolute atomic E-state index is 0.331. The molecule has 6 heteroatoms. The fraction of sp³-hybridized carbons (Fsp3) is 0.0435. The van der Waals surface area contributed by atoms with Crippen molar-refractivity contribution < 1.29 is 9.53 Å². The van der Waals surface area contributed by atoms with Crippen LogP contribution in [0, 0.1) is 0 Å². The number of carbonyl (C=O) groups excluding carboxylic acids is 1. The van der Waals surface area contributed by atoms with E-state index in [1.165, 1.54) is 12.4 Å². The number of pyridine rings is 2. The molecule has 2 aromatic carbocycles. The van der Waals surface area contributed by atoms with E-state index in [0.717, 1.165) is 16.5 Å². The Labute approximate surface area is 167 Å². The molecule has 0 radical (unpaired) electrons. The van der Waals surface area contributed by atoms with Gasteiger partial charge in [-0.15, -0.1) is 0 Å². The van der Waals surface area contributed by atoms with Crippen molar-refractivity contribution in [1.82, 2.24) is 15.4 Å². The van der Waals surface area contributed by atoms with E-state index >= 15 is 0 Å². The number of carbonyl (C=O) groups is 1. The third kappa shape index (κ3) is 4.62. The van der Waals surface area contributed by atoms with Crippen LogP contribution in [-0.4, -0.2) is 22.1 Å². The molecule has 0 unspecified atom stereocenters. The fourth-order valence-corrected chi connectivity index (χ4v) is 2.78. The zero-order valence-electron chi connectivity index (χ0n) is 15.5. The summed E-state index contributed by atoms with van der Waals surface area (Å²) in [6.07, 6.45) is 4.59. The first kappa shape index (κ1) is 18.3. The first-order valence-electron chi connectivity index (χ1n) is 9.09. The number of benzene rings is 2. The Morgan fingerprint density at radius 2 is 1.90 bits per heavy atom. The lowest BCUT2D eigenvalue weighted by Gasteiger charge is -2.09. The van der Waals surface area contributed by atoms with Crippen molar-refractivity contribution in [3.63, 3.8) is 0 Å². The molecule has 0 fully saturated rings. The number of hydrogen-bond donors (Lipinski definition) is 1. The van der Waals surface area contributed by atoms with Crippen molar-refractivity contribution in [2.45, 2.75) is 6.61 Å². The van der Waals surface area contributed by atoms with Crippen molar-refractivity contribution in [2.75, 3.05) is 0 Å². The number of hydrogen-bond acceptors (Lipinski definition) is 5. The first-order chi connectivity index (χ1) is 14.3. The Balaban J connectivity index is 1.50. The van der Waals surface area contributed by atoms with Crippen LogP contribution < -0.4 is 10.2 Å². The average molecular weight is 382 g/mol. The number of amides is 1. The van der Waals surface area contributed by atoms with Crippen LogP contribution in [0.3, 0.4) is 0 Å². The Morgan fingerprint density at radius 3 is 2.72 bits per heavy atom. The highest BCUT2D eigenvalue weighted by Gasteiger charge is 2.06. The molecule has 29 heavy (non-hydrogen) atoms. The average Bonchev–Trinajstić information content (AvgIpc) is 2.79. The summed E-state index contributed by atoms with van der Waals surface area (Å²) in [7, 11) is 0. The van der Waals surface area contributed by atoms with E-state index in [4.69, 9.17) is 4.74 Å². The van der Waals surface area contributed by atoms with Gasteiger partial charge in [-0.05, 0) is 29.8 Å². The molecular formula is C23H18N4O2. The molecule has 0 bridgehead atoms. The maximum Gasteiger partial charge on any atom is 0.272 e. The van der Waals surface area contributed by atoms with E-state index in [2.05, 4.69) is 20.5 Å². The summed E-state index contributed by atoms with van der Waals surface area (Å²) in [6.45, 7) is 0.459. The van der Waals surface area contributed by atoms with E-state index in [1.807, 2.05) is 60.7 Å². The van der Waals surface area contributed by atoms with Crippen LogP contribution in [0.25, 0.3) is 10.9 Å². The highest BCUT2D eigenvalue weighted by molar-refractivity contribution is 5.94. The van der Waals surface area contributed by atoms with Gasteiger partial charge in [0.1, 0.15) is 17.9 Å². The maximum absolute atomic E-state index is 12.0. The van der Waals surface area contributed by atoms with E-state index in [-0.39, 0.29) is 5.91 Å². The summed E-state index contributed by atoms with van der Waals surface area (Å²) in [5.74, 6) is 0.364. The van der Waals surface area contributed by atoms with Crippen LogP contribution in [0.5, 0.6) is 5.75 Å². The Hall–Kier alpha value is -4.06. The molecule has 2 heterocycles. The van der Waals surface area contributed by atoms with Gasteiger partial charge in [0, 0.05) is 17.8 Å². The maximum atomic E-state index is 12.0. The lowest BCUT2D eigenvalue weighted by molar-refractivity contribution is 0.0955. The summed E-state index contributed by atoms with van der Waals surface area (Å²) in [5.41, 5.74) is 5.35. The van der Waals surface area contributed by atoms with Crippen LogP contribution in [0.4, 0.5) is 0 Å². The molecule has 0 saturated carbocycles. The number of aromatic nitrogens is 2. The molecule has 0 saturated heterocycles. The van der Waals surface area contributed by atoms with Crippen molar-refractivity contribution in [1.29, 1.82) is 0 Å².